The van der Waals surface area contributed by atoms with Gasteiger partial charge in [-0.25, -0.2) is 0 Å². The number of nitrogens with two attached hydrogens (primary N) is 1. The Balaban J connectivity index is 2.74. The highest BCUT2D eigenvalue weighted by Gasteiger charge is 1.90. The predicted octanol–water partition coefficient (Wildman–Crippen LogP) is 0.738. The molecular weight excluding hydrogens is 162 g/mol. The van der Waals surface area contributed by atoms with E-state index in [1.54, 1.807) is 0 Å². The van der Waals surface area contributed by atoms with Crippen molar-refractivity contribution in [2.24, 2.45) is 5.73 Å². The van der Waals surface area contributed by atoms with Gasteiger partial charge in [0.1, 0.15) is 0 Å². The molecule has 0 aliphatic rings. The van der Waals surface area contributed by atoms with Crippen LogP contribution in [-0.2, 0) is 11.2 Å². The summed E-state index contributed by atoms with van der Waals surface area (Å²) < 4.78 is 0. The highest BCUT2D eigenvalue weighted by atomic mass is 16.1. The van der Waals surface area contributed by atoms with Crippen LogP contribution < -0.4 is 5.73 Å². The van der Waals surface area contributed by atoms with E-state index in [9.17, 15) is 4.79 Å². The maximum Gasteiger partial charge on any atom is 0.193 e. The average Bonchev–Trinajstić information content (AvgIpc) is 2.17. The molecule has 1 aromatic rings. The summed E-state index contributed by atoms with van der Waals surface area (Å²) in [7, 11) is 0. The van der Waals surface area contributed by atoms with Gasteiger partial charge in [0.05, 0.1) is 0 Å². The van der Waals surface area contributed by atoms with Crippen molar-refractivity contribution in [1.82, 2.24) is 0 Å². The Morgan fingerprint density at radius 2 is 2.00 bits per heavy atom. The third kappa shape index (κ3) is 3.10. The summed E-state index contributed by atoms with van der Waals surface area (Å²) in [6, 6.07) is 7.73. The van der Waals surface area contributed by atoms with E-state index in [4.69, 9.17) is 5.73 Å². The number of carbonyl (C=O) groups is 1. The molecule has 2 nitrogen and oxygen atoms in total. The van der Waals surface area contributed by atoms with Crippen molar-refractivity contribution in [1.29, 1.82) is 0 Å². The summed E-state index contributed by atoms with van der Waals surface area (Å²) in [5.41, 5.74) is 7.45. The van der Waals surface area contributed by atoms with Crippen LogP contribution in [0.15, 0.2) is 24.3 Å². The SMILES string of the molecule is NCCc1ccc(C#CC=O)cc1. The number of benzene rings is 1. The molecule has 0 amide bonds. The maximum absolute atomic E-state index is 9.96. The van der Waals surface area contributed by atoms with Gasteiger partial charge in [-0.2, -0.15) is 0 Å². The van der Waals surface area contributed by atoms with Gasteiger partial charge in [0, 0.05) is 5.56 Å². The van der Waals surface area contributed by atoms with Crippen LogP contribution in [-0.4, -0.2) is 12.8 Å². The molecule has 1 aromatic carbocycles. The normalized spacial score (nSPS) is 8.69. The molecule has 0 bridgehead atoms. The third-order valence-electron chi connectivity index (χ3n) is 1.66. The number of carbonyl (C=O) groups excluding carboxylic acids is 1. The first kappa shape index (κ1) is 9.50. The molecule has 0 atom stereocenters. The molecule has 1 rings (SSSR count). The van der Waals surface area contributed by atoms with E-state index in [-0.39, 0.29) is 0 Å². The monoisotopic (exact) mass is 173 g/mol. The number of aldehydes is 1. The minimum absolute atomic E-state index is 0.591. The predicted molar refractivity (Wildman–Crippen MR) is 52.1 cm³/mol. The van der Waals surface area contributed by atoms with E-state index < -0.39 is 0 Å². The van der Waals surface area contributed by atoms with Crippen molar-refractivity contribution in [2.75, 3.05) is 6.54 Å². The van der Waals surface area contributed by atoms with Gasteiger partial charge < -0.3 is 5.73 Å². The first-order chi connectivity index (χ1) is 6.36. The molecule has 13 heavy (non-hydrogen) atoms. The van der Waals surface area contributed by atoms with Crippen LogP contribution in [0.3, 0.4) is 0 Å². The highest BCUT2D eigenvalue weighted by Crippen LogP contribution is 2.02. The summed E-state index contributed by atoms with van der Waals surface area (Å²) >= 11 is 0. The lowest BCUT2D eigenvalue weighted by atomic mass is 10.1. The van der Waals surface area contributed by atoms with Crippen LogP contribution in [0.2, 0.25) is 0 Å². The molecule has 66 valence electrons. The minimum atomic E-state index is 0.591. The zero-order chi connectivity index (χ0) is 9.52. The second-order valence-corrected chi connectivity index (χ2v) is 2.62. The molecule has 0 fully saturated rings. The van der Waals surface area contributed by atoms with Gasteiger partial charge in [-0.3, -0.25) is 4.79 Å². The Morgan fingerprint density at radius 1 is 1.31 bits per heavy atom. The zero-order valence-electron chi connectivity index (χ0n) is 7.29. The van der Waals surface area contributed by atoms with Gasteiger partial charge in [-0.1, -0.05) is 18.1 Å². The smallest absolute Gasteiger partial charge is 0.193 e. The molecule has 0 aliphatic heterocycles. The standard InChI is InChI=1S/C11H11NO/c12-8-7-11-5-3-10(4-6-11)2-1-9-13/h3-6,9H,7-8,12H2. The van der Waals surface area contributed by atoms with Gasteiger partial charge >= 0.3 is 0 Å². The number of hydrogen-bond donors (Lipinski definition) is 1. The topological polar surface area (TPSA) is 43.1 Å². The Labute approximate surface area is 77.8 Å². The average molecular weight is 173 g/mol. The number of rotatable bonds is 2. The van der Waals surface area contributed by atoms with Gasteiger partial charge in [-0.15, -0.1) is 0 Å². The van der Waals surface area contributed by atoms with Crippen molar-refractivity contribution in [3.05, 3.63) is 35.4 Å². The molecule has 0 heterocycles. The first-order valence-corrected chi connectivity index (χ1v) is 4.11. The molecule has 0 spiro atoms. The second-order valence-electron chi connectivity index (χ2n) is 2.62. The van der Waals surface area contributed by atoms with Gasteiger partial charge in [-0.05, 0) is 36.6 Å². The third-order valence-corrected chi connectivity index (χ3v) is 1.66. The molecular formula is C11H11NO. The molecule has 0 aromatic heterocycles. The lowest BCUT2D eigenvalue weighted by Crippen LogP contribution is -2.02. The van der Waals surface area contributed by atoms with Crippen molar-refractivity contribution in [3.63, 3.8) is 0 Å². The Bertz CT molecular complexity index is 329. The van der Waals surface area contributed by atoms with Gasteiger partial charge in [0.2, 0.25) is 0 Å². The van der Waals surface area contributed by atoms with E-state index in [1.165, 1.54) is 5.56 Å². The van der Waals surface area contributed by atoms with Crippen LogP contribution in [0.1, 0.15) is 11.1 Å². The highest BCUT2D eigenvalue weighted by molar-refractivity contribution is 5.73. The zero-order valence-corrected chi connectivity index (χ0v) is 7.29. The molecule has 2 N–H and O–H groups in total. The van der Waals surface area contributed by atoms with Gasteiger partial charge in [0.15, 0.2) is 6.29 Å². The molecule has 0 saturated carbocycles. The largest absolute Gasteiger partial charge is 0.330 e. The fraction of sp³-hybridized carbons (Fsp3) is 0.182. The van der Waals surface area contributed by atoms with Gasteiger partial charge in [0.25, 0.3) is 0 Å². The Morgan fingerprint density at radius 3 is 2.54 bits per heavy atom. The van der Waals surface area contributed by atoms with Crippen molar-refractivity contribution >= 4 is 6.29 Å². The fourth-order valence-corrected chi connectivity index (χ4v) is 1.03. The molecule has 2 heteroatoms. The van der Waals surface area contributed by atoms with Crippen LogP contribution in [0.25, 0.3) is 0 Å². The Kier molecular flexibility index (Phi) is 3.74. The summed E-state index contributed by atoms with van der Waals surface area (Å²) in [4.78, 5) is 9.96. The quantitative estimate of drug-likeness (QED) is 0.529. The molecule has 0 aliphatic carbocycles. The fourth-order valence-electron chi connectivity index (χ4n) is 1.03. The van der Waals surface area contributed by atoms with Crippen molar-refractivity contribution in [3.8, 4) is 11.8 Å². The van der Waals surface area contributed by atoms with E-state index in [2.05, 4.69) is 11.8 Å². The maximum atomic E-state index is 9.96. The number of hydrogen-bond acceptors (Lipinski definition) is 2. The van der Waals surface area contributed by atoms with Crippen molar-refractivity contribution < 1.29 is 4.79 Å². The molecule has 0 unspecified atom stereocenters. The van der Waals surface area contributed by atoms with Crippen LogP contribution >= 0.6 is 0 Å². The molecule has 0 radical (unpaired) electrons. The summed E-state index contributed by atoms with van der Waals surface area (Å²) in [5.74, 6) is 5.08. The van der Waals surface area contributed by atoms with Crippen LogP contribution in [0, 0.1) is 11.8 Å². The first-order valence-electron chi connectivity index (χ1n) is 4.11. The summed E-state index contributed by atoms with van der Waals surface area (Å²) in [6.45, 7) is 0.652. The van der Waals surface area contributed by atoms with Crippen LogP contribution in [0.5, 0.6) is 0 Å². The van der Waals surface area contributed by atoms with Crippen LogP contribution in [0.4, 0.5) is 0 Å². The van der Waals surface area contributed by atoms with Crippen molar-refractivity contribution in [2.45, 2.75) is 6.42 Å². The summed E-state index contributed by atoms with van der Waals surface area (Å²) in [5, 5.41) is 0. The van der Waals surface area contributed by atoms with E-state index in [0.717, 1.165) is 12.0 Å². The lowest BCUT2D eigenvalue weighted by Gasteiger charge is -1.97. The van der Waals surface area contributed by atoms with E-state index in [1.807, 2.05) is 24.3 Å². The molecule has 0 saturated heterocycles. The summed E-state index contributed by atoms with van der Waals surface area (Å²) in [6.07, 6.45) is 1.47. The van der Waals surface area contributed by atoms with E-state index >= 15 is 0 Å². The lowest BCUT2D eigenvalue weighted by molar-refractivity contribution is -0.103. The second kappa shape index (κ2) is 5.13. The minimum Gasteiger partial charge on any atom is -0.330 e. The Hall–Kier alpha value is -1.59. The van der Waals surface area contributed by atoms with E-state index in [0.29, 0.717) is 12.8 Å².